The quantitative estimate of drug-likeness (QED) is 0.920. The molecule has 1 aromatic heterocycles. The van der Waals surface area contributed by atoms with Gasteiger partial charge in [0.2, 0.25) is 0 Å². The molecule has 3 rings (SSSR count). The minimum absolute atomic E-state index is 0.133. The van der Waals surface area contributed by atoms with Crippen molar-refractivity contribution in [1.82, 2.24) is 9.88 Å². The van der Waals surface area contributed by atoms with Gasteiger partial charge in [-0.3, -0.25) is 4.79 Å². The predicted molar refractivity (Wildman–Crippen MR) is 81.4 cm³/mol. The van der Waals surface area contributed by atoms with E-state index in [0.717, 1.165) is 18.7 Å². The number of aromatic nitrogens is 1. The first-order chi connectivity index (χ1) is 10.00. The number of rotatable bonds is 3. The first kappa shape index (κ1) is 14.6. The summed E-state index contributed by atoms with van der Waals surface area (Å²) in [5.74, 6) is 0.755. The second kappa shape index (κ2) is 5.46. The Balaban J connectivity index is 1.63. The fourth-order valence-corrected chi connectivity index (χ4v) is 3.11. The summed E-state index contributed by atoms with van der Waals surface area (Å²) in [6, 6.07) is 3.62. The first-order valence-corrected chi connectivity index (χ1v) is 7.75. The largest absolute Gasteiger partial charge is 0.380 e. The fraction of sp³-hybridized carbons (Fsp3) is 0.600. The van der Waals surface area contributed by atoms with Gasteiger partial charge < -0.3 is 14.9 Å². The van der Waals surface area contributed by atoms with E-state index >= 15 is 0 Å². The lowest BCUT2D eigenvalue weighted by Gasteiger charge is -2.38. The Morgan fingerprint density at radius 3 is 2.62 bits per heavy atom. The molecule has 6 heteroatoms. The summed E-state index contributed by atoms with van der Waals surface area (Å²) >= 11 is 6.15. The molecule has 5 nitrogen and oxygen atoms in total. The summed E-state index contributed by atoms with van der Waals surface area (Å²) in [6.45, 7) is 4.20. The van der Waals surface area contributed by atoms with E-state index in [-0.39, 0.29) is 11.8 Å². The Morgan fingerprint density at radius 2 is 2.05 bits per heavy atom. The molecule has 114 valence electrons. The number of hydrogen-bond acceptors (Lipinski definition) is 4. The summed E-state index contributed by atoms with van der Waals surface area (Å²) in [4.78, 5) is 20.6. The third kappa shape index (κ3) is 2.85. The van der Waals surface area contributed by atoms with Gasteiger partial charge in [0, 0.05) is 32.4 Å². The Hall–Kier alpha value is -1.33. The van der Waals surface area contributed by atoms with Crippen molar-refractivity contribution in [2.75, 3.05) is 31.1 Å². The number of nitrogens with zero attached hydrogens (tertiary/aromatic N) is 3. The summed E-state index contributed by atoms with van der Waals surface area (Å²) < 4.78 is 0. The van der Waals surface area contributed by atoms with Gasteiger partial charge in [0.25, 0.3) is 5.91 Å². The van der Waals surface area contributed by atoms with Crippen LogP contribution in [0.1, 0.15) is 19.8 Å². The van der Waals surface area contributed by atoms with Gasteiger partial charge in [-0.2, -0.15) is 0 Å². The van der Waals surface area contributed by atoms with Crippen LogP contribution in [0.25, 0.3) is 0 Å². The first-order valence-electron chi connectivity index (χ1n) is 7.37. The van der Waals surface area contributed by atoms with E-state index in [9.17, 15) is 9.90 Å². The number of carbonyl (C=O) groups excluding carboxylic acids is 1. The van der Waals surface area contributed by atoms with Crippen LogP contribution in [-0.4, -0.2) is 52.7 Å². The van der Waals surface area contributed by atoms with Crippen molar-refractivity contribution in [3.05, 3.63) is 23.4 Å². The highest BCUT2D eigenvalue weighted by Crippen LogP contribution is 2.40. The zero-order valence-electron chi connectivity index (χ0n) is 12.1. The molecule has 1 amide bonds. The molecule has 1 aliphatic heterocycles. The standard InChI is InChI=1S/C15H20ClN3O2/c1-15(21,11-4-5-11)14(20)19-9-7-18(8-10-19)13-12(16)3-2-6-17-13/h2-3,6,11,21H,4-5,7-10H2,1H3. The SMILES string of the molecule is CC(O)(C(=O)N1CCN(c2ncccc2Cl)CC1)C1CC1. The van der Waals surface area contributed by atoms with E-state index in [2.05, 4.69) is 9.88 Å². The Bertz CT molecular complexity index is 537. The van der Waals surface area contributed by atoms with Gasteiger partial charge >= 0.3 is 0 Å². The smallest absolute Gasteiger partial charge is 0.254 e. The lowest BCUT2D eigenvalue weighted by molar-refractivity contribution is -0.152. The van der Waals surface area contributed by atoms with Crippen LogP contribution >= 0.6 is 11.6 Å². The minimum atomic E-state index is -1.20. The van der Waals surface area contributed by atoms with Crippen LogP contribution in [0.15, 0.2) is 18.3 Å². The molecule has 2 aliphatic rings. The molecule has 0 bridgehead atoms. The third-order valence-corrected chi connectivity index (χ3v) is 4.71. The molecule has 1 atom stereocenters. The van der Waals surface area contributed by atoms with Gasteiger partial charge in [-0.15, -0.1) is 0 Å². The summed E-state index contributed by atoms with van der Waals surface area (Å²) in [6.07, 6.45) is 3.61. The van der Waals surface area contributed by atoms with Crippen LogP contribution in [0.5, 0.6) is 0 Å². The van der Waals surface area contributed by atoms with Crippen LogP contribution in [-0.2, 0) is 4.79 Å². The number of aliphatic hydroxyl groups is 1. The lowest BCUT2D eigenvalue weighted by atomic mass is 9.98. The van der Waals surface area contributed by atoms with Crippen LogP contribution in [0.3, 0.4) is 0 Å². The fourth-order valence-electron chi connectivity index (χ4n) is 2.87. The molecule has 1 saturated heterocycles. The Labute approximate surface area is 129 Å². The Morgan fingerprint density at radius 1 is 1.38 bits per heavy atom. The number of pyridine rings is 1. The van der Waals surface area contributed by atoms with Crippen molar-refractivity contribution in [1.29, 1.82) is 0 Å². The van der Waals surface area contributed by atoms with Crippen molar-refractivity contribution in [2.45, 2.75) is 25.4 Å². The minimum Gasteiger partial charge on any atom is -0.380 e. The maximum Gasteiger partial charge on any atom is 0.254 e. The second-order valence-corrected chi connectivity index (χ2v) is 6.42. The number of carbonyl (C=O) groups is 1. The van der Waals surface area contributed by atoms with Gasteiger partial charge in [-0.1, -0.05) is 11.6 Å². The highest BCUT2D eigenvalue weighted by Gasteiger charge is 2.47. The van der Waals surface area contributed by atoms with Crippen molar-refractivity contribution < 1.29 is 9.90 Å². The molecule has 0 radical (unpaired) electrons. The lowest BCUT2D eigenvalue weighted by Crippen LogP contribution is -2.55. The zero-order chi connectivity index (χ0) is 15.0. The molecule has 1 aromatic rings. The van der Waals surface area contributed by atoms with E-state index in [0.29, 0.717) is 31.2 Å². The zero-order valence-corrected chi connectivity index (χ0v) is 12.9. The van der Waals surface area contributed by atoms with E-state index in [4.69, 9.17) is 11.6 Å². The van der Waals surface area contributed by atoms with Crippen LogP contribution in [0, 0.1) is 5.92 Å². The molecular weight excluding hydrogens is 290 g/mol. The third-order valence-electron chi connectivity index (χ3n) is 4.41. The molecule has 2 heterocycles. The molecule has 1 saturated carbocycles. The number of halogens is 1. The summed E-state index contributed by atoms with van der Waals surface area (Å²) in [5.41, 5.74) is -1.20. The van der Waals surface area contributed by atoms with Gasteiger partial charge in [0.1, 0.15) is 11.4 Å². The van der Waals surface area contributed by atoms with Crippen molar-refractivity contribution in [2.24, 2.45) is 5.92 Å². The monoisotopic (exact) mass is 309 g/mol. The number of anilines is 1. The van der Waals surface area contributed by atoms with Crippen LogP contribution in [0.4, 0.5) is 5.82 Å². The van der Waals surface area contributed by atoms with E-state index in [1.165, 1.54) is 0 Å². The maximum absolute atomic E-state index is 12.4. The van der Waals surface area contributed by atoms with Gasteiger partial charge in [0.05, 0.1) is 5.02 Å². The van der Waals surface area contributed by atoms with Crippen molar-refractivity contribution in [3.8, 4) is 0 Å². The van der Waals surface area contributed by atoms with Gasteiger partial charge in [-0.25, -0.2) is 4.98 Å². The van der Waals surface area contributed by atoms with E-state index in [1.807, 2.05) is 6.07 Å². The highest BCUT2D eigenvalue weighted by molar-refractivity contribution is 6.32. The molecular formula is C15H20ClN3O2. The topological polar surface area (TPSA) is 56.7 Å². The van der Waals surface area contributed by atoms with Crippen LogP contribution < -0.4 is 4.90 Å². The number of piperazine rings is 1. The van der Waals surface area contributed by atoms with E-state index < -0.39 is 5.60 Å². The van der Waals surface area contributed by atoms with Crippen LogP contribution in [0.2, 0.25) is 5.02 Å². The van der Waals surface area contributed by atoms with Crippen molar-refractivity contribution in [3.63, 3.8) is 0 Å². The molecule has 0 aromatic carbocycles. The van der Waals surface area contributed by atoms with E-state index in [1.54, 1.807) is 24.1 Å². The highest BCUT2D eigenvalue weighted by atomic mass is 35.5. The van der Waals surface area contributed by atoms with Crippen molar-refractivity contribution >= 4 is 23.3 Å². The Kier molecular flexibility index (Phi) is 3.80. The number of hydrogen-bond donors (Lipinski definition) is 1. The summed E-state index contributed by atoms with van der Waals surface area (Å²) in [5, 5.41) is 11.0. The normalized spacial score (nSPS) is 22.0. The molecule has 1 N–H and O–H groups in total. The molecule has 21 heavy (non-hydrogen) atoms. The molecule has 1 unspecified atom stereocenters. The molecule has 1 aliphatic carbocycles. The molecule has 0 spiro atoms. The molecule has 2 fully saturated rings. The summed E-state index contributed by atoms with van der Waals surface area (Å²) in [7, 11) is 0. The van der Waals surface area contributed by atoms with Gasteiger partial charge in [0.15, 0.2) is 0 Å². The maximum atomic E-state index is 12.4. The second-order valence-electron chi connectivity index (χ2n) is 6.01. The average molecular weight is 310 g/mol. The van der Waals surface area contributed by atoms with Gasteiger partial charge in [-0.05, 0) is 37.8 Å². The number of amides is 1. The predicted octanol–water partition coefficient (Wildman–Crippen LogP) is 1.54. The average Bonchev–Trinajstić information content (AvgIpc) is 3.32.